The van der Waals surface area contributed by atoms with Gasteiger partial charge in [0.15, 0.2) is 0 Å². The van der Waals surface area contributed by atoms with Gasteiger partial charge in [-0.2, -0.15) is 4.31 Å². The third-order valence-corrected chi connectivity index (χ3v) is 7.35. The maximum absolute atomic E-state index is 12.7. The second-order valence-corrected chi connectivity index (χ2v) is 9.15. The third kappa shape index (κ3) is 3.20. The second-order valence-electron chi connectivity index (χ2n) is 5.90. The average molecular weight is 366 g/mol. The quantitative estimate of drug-likeness (QED) is 0.789. The Morgan fingerprint density at radius 1 is 1.29 bits per heavy atom. The summed E-state index contributed by atoms with van der Waals surface area (Å²) in [5.74, 6) is 0. The van der Waals surface area contributed by atoms with Crippen molar-refractivity contribution in [1.82, 2.24) is 9.29 Å². The number of anilines is 1. The molecule has 3 rings (SSSR count). The molecule has 1 aromatic carbocycles. The molecule has 24 heavy (non-hydrogen) atoms. The molecule has 0 atom stereocenters. The number of aryl methyl sites for hydroxylation is 1. The monoisotopic (exact) mass is 365 g/mol. The Morgan fingerprint density at radius 3 is 2.67 bits per heavy atom. The van der Waals surface area contributed by atoms with E-state index >= 15 is 0 Å². The molecule has 1 aliphatic rings. The molecule has 0 aliphatic carbocycles. The molecule has 7 heteroatoms. The number of aromatic nitrogens is 1. The number of rotatable bonds is 6. The summed E-state index contributed by atoms with van der Waals surface area (Å²) < 4.78 is 26.9. The highest BCUT2D eigenvalue weighted by atomic mass is 32.2. The standard InChI is InChI=1S/C17H23N3O2S2/c1-4-20(5-2)24(21,22)16-6-7-17-14(10-16)8-9-19(17)12-15-11-18-13(3)23-15/h6-7,10-11H,4-5,8-9,12H2,1-3H3. The lowest BCUT2D eigenvalue weighted by Crippen LogP contribution is -2.30. The van der Waals surface area contributed by atoms with Crippen LogP contribution in [0.4, 0.5) is 5.69 Å². The van der Waals surface area contributed by atoms with Gasteiger partial charge in [-0.1, -0.05) is 13.8 Å². The average Bonchev–Trinajstić information content (AvgIpc) is 3.15. The summed E-state index contributed by atoms with van der Waals surface area (Å²) >= 11 is 1.71. The molecule has 1 aliphatic heterocycles. The van der Waals surface area contributed by atoms with E-state index in [1.54, 1.807) is 17.4 Å². The van der Waals surface area contributed by atoms with E-state index in [2.05, 4.69) is 9.88 Å². The summed E-state index contributed by atoms with van der Waals surface area (Å²) in [6, 6.07) is 5.54. The molecule has 0 spiro atoms. The maximum Gasteiger partial charge on any atom is 0.243 e. The van der Waals surface area contributed by atoms with E-state index in [-0.39, 0.29) is 0 Å². The Hall–Kier alpha value is -1.44. The SMILES string of the molecule is CCN(CC)S(=O)(=O)c1ccc2c(c1)CCN2Cc1cnc(C)s1. The van der Waals surface area contributed by atoms with Crippen LogP contribution in [0.25, 0.3) is 0 Å². The predicted octanol–water partition coefficient (Wildman–Crippen LogP) is 3.04. The zero-order valence-electron chi connectivity index (χ0n) is 14.3. The van der Waals surface area contributed by atoms with Crippen molar-refractivity contribution in [2.24, 2.45) is 0 Å². The number of hydrogen-bond donors (Lipinski definition) is 0. The Morgan fingerprint density at radius 2 is 2.04 bits per heavy atom. The van der Waals surface area contributed by atoms with Crippen molar-refractivity contribution in [2.75, 3.05) is 24.5 Å². The van der Waals surface area contributed by atoms with Crippen molar-refractivity contribution in [1.29, 1.82) is 0 Å². The highest BCUT2D eigenvalue weighted by Gasteiger charge is 2.26. The van der Waals surface area contributed by atoms with Gasteiger partial charge < -0.3 is 4.90 Å². The lowest BCUT2D eigenvalue weighted by molar-refractivity contribution is 0.445. The van der Waals surface area contributed by atoms with Crippen molar-refractivity contribution in [3.05, 3.63) is 39.8 Å². The van der Waals surface area contributed by atoms with Crippen LogP contribution in [0.2, 0.25) is 0 Å². The molecule has 130 valence electrons. The third-order valence-electron chi connectivity index (χ3n) is 4.40. The van der Waals surface area contributed by atoms with Crippen molar-refractivity contribution in [2.45, 2.75) is 38.6 Å². The number of nitrogens with zero attached hydrogens (tertiary/aromatic N) is 3. The van der Waals surface area contributed by atoms with E-state index < -0.39 is 10.0 Å². The first-order valence-electron chi connectivity index (χ1n) is 8.25. The van der Waals surface area contributed by atoms with Gasteiger partial charge in [0.25, 0.3) is 0 Å². The van der Waals surface area contributed by atoms with Gasteiger partial charge in [-0.25, -0.2) is 13.4 Å². The number of thiazole rings is 1. The first-order chi connectivity index (χ1) is 11.5. The zero-order chi connectivity index (χ0) is 17.3. The molecule has 0 saturated heterocycles. The minimum atomic E-state index is -3.39. The smallest absolute Gasteiger partial charge is 0.243 e. The van der Waals surface area contributed by atoms with Crippen molar-refractivity contribution in [3.8, 4) is 0 Å². The summed E-state index contributed by atoms with van der Waals surface area (Å²) in [6.45, 7) is 8.48. The molecule has 0 amide bonds. The number of benzene rings is 1. The summed E-state index contributed by atoms with van der Waals surface area (Å²) in [5, 5.41) is 1.07. The van der Waals surface area contributed by atoms with Crippen molar-refractivity contribution in [3.63, 3.8) is 0 Å². The van der Waals surface area contributed by atoms with Gasteiger partial charge in [-0.05, 0) is 37.1 Å². The van der Waals surface area contributed by atoms with E-state index in [9.17, 15) is 8.42 Å². The van der Waals surface area contributed by atoms with Gasteiger partial charge in [-0.3, -0.25) is 0 Å². The molecule has 0 bridgehead atoms. The normalized spacial score (nSPS) is 14.4. The molecule has 2 aromatic rings. The molecule has 1 aromatic heterocycles. The number of fused-ring (bicyclic) bond motifs is 1. The van der Waals surface area contributed by atoms with E-state index in [1.807, 2.05) is 39.1 Å². The molecule has 0 saturated carbocycles. The fraction of sp³-hybridized carbons (Fsp3) is 0.471. The van der Waals surface area contributed by atoms with Crippen LogP contribution in [-0.2, 0) is 23.0 Å². The highest BCUT2D eigenvalue weighted by Crippen LogP contribution is 2.32. The summed E-state index contributed by atoms with van der Waals surface area (Å²) in [4.78, 5) is 8.25. The van der Waals surface area contributed by atoms with Crippen molar-refractivity contribution >= 4 is 27.0 Å². The lowest BCUT2D eigenvalue weighted by atomic mass is 10.2. The van der Waals surface area contributed by atoms with Crippen LogP contribution in [0.15, 0.2) is 29.3 Å². The van der Waals surface area contributed by atoms with E-state index in [4.69, 9.17) is 0 Å². The van der Waals surface area contributed by atoms with Crippen molar-refractivity contribution < 1.29 is 8.42 Å². The molecule has 0 unspecified atom stereocenters. The Balaban J connectivity index is 1.85. The van der Waals surface area contributed by atoms with Crippen LogP contribution in [0.3, 0.4) is 0 Å². The molecule has 2 heterocycles. The minimum Gasteiger partial charge on any atom is -0.366 e. The molecule has 0 fully saturated rings. The zero-order valence-corrected chi connectivity index (χ0v) is 16.0. The minimum absolute atomic E-state index is 0.403. The highest BCUT2D eigenvalue weighted by molar-refractivity contribution is 7.89. The fourth-order valence-corrected chi connectivity index (χ4v) is 5.47. The molecular formula is C17H23N3O2S2. The largest absolute Gasteiger partial charge is 0.366 e. The molecule has 0 N–H and O–H groups in total. The van der Waals surface area contributed by atoms with Crippen LogP contribution in [0.5, 0.6) is 0 Å². The van der Waals surface area contributed by atoms with Crippen LogP contribution < -0.4 is 4.90 Å². The number of hydrogen-bond acceptors (Lipinski definition) is 5. The van der Waals surface area contributed by atoms with Crippen LogP contribution in [-0.4, -0.2) is 37.3 Å². The Bertz CT molecular complexity index is 826. The molecule has 5 nitrogen and oxygen atoms in total. The fourth-order valence-electron chi connectivity index (χ4n) is 3.15. The Kier molecular flexibility index (Phi) is 4.94. The molecule has 0 radical (unpaired) electrons. The van der Waals surface area contributed by atoms with Crippen LogP contribution >= 0.6 is 11.3 Å². The van der Waals surface area contributed by atoms with Gasteiger partial charge >= 0.3 is 0 Å². The lowest BCUT2D eigenvalue weighted by Gasteiger charge is -2.20. The van der Waals surface area contributed by atoms with E-state index in [0.29, 0.717) is 18.0 Å². The predicted molar refractivity (Wildman–Crippen MR) is 98.2 cm³/mol. The van der Waals surface area contributed by atoms with Gasteiger partial charge in [0.05, 0.1) is 16.4 Å². The summed E-state index contributed by atoms with van der Waals surface area (Å²) in [7, 11) is -3.39. The van der Waals surface area contributed by atoms with E-state index in [1.165, 1.54) is 9.18 Å². The topological polar surface area (TPSA) is 53.5 Å². The maximum atomic E-state index is 12.7. The van der Waals surface area contributed by atoms with E-state index in [0.717, 1.165) is 35.8 Å². The summed E-state index contributed by atoms with van der Waals surface area (Å²) in [5.41, 5.74) is 2.25. The van der Waals surface area contributed by atoms with Gasteiger partial charge in [0.1, 0.15) is 0 Å². The molecular weight excluding hydrogens is 342 g/mol. The number of sulfonamides is 1. The first-order valence-corrected chi connectivity index (χ1v) is 10.5. The van der Waals surface area contributed by atoms with Gasteiger partial charge in [-0.15, -0.1) is 11.3 Å². The van der Waals surface area contributed by atoms with Gasteiger partial charge in [0, 0.05) is 36.4 Å². The van der Waals surface area contributed by atoms with Crippen LogP contribution in [0.1, 0.15) is 29.3 Å². The first kappa shape index (κ1) is 17.4. The Labute approximate surface area is 148 Å². The summed E-state index contributed by atoms with van der Waals surface area (Å²) in [6.07, 6.45) is 2.81. The van der Waals surface area contributed by atoms with Crippen LogP contribution in [0, 0.1) is 6.92 Å². The van der Waals surface area contributed by atoms with Gasteiger partial charge in [0.2, 0.25) is 10.0 Å². The second kappa shape index (κ2) is 6.82.